The fraction of sp³-hybridized carbons (Fsp3) is 0. The second kappa shape index (κ2) is 4.09. The van der Waals surface area contributed by atoms with Gasteiger partial charge in [0.15, 0.2) is 11.5 Å². The van der Waals surface area contributed by atoms with E-state index < -0.39 is 17.8 Å². The number of hydrogen-bond donors (Lipinski definition) is 1. The predicted octanol–water partition coefficient (Wildman–Crippen LogP) is 0.166. The number of carbonyl (C=O) groups excluding carboxylic acids is 3. The van der Waals surface area contributed by atoms with Crippen molar-refractivity contribution in [2.24, 2.45) is 5.73 Å². The van der Waals surface area contributed by atoms with E-state index in [1.807, 2.05) is 0 Å². The number of para-hydroxylation sites is 1. The molecule has 0 aromatic heterocycles. The highest BCUT2D eigenvalue weighted by atomic mass is 16.6. The van der Waals surface area contributed by atoms with Gasteiger partial charge < -0.3 is 15.2 Å². The highest BCUT2D eigenvalue weighted by Crippen LogP contribution is 2.32. The zero-order valence-electron chi connectivity index (χ0n) is 8.51. The molecule has 0 bridgehead atoms. The predicted molar refractivity (Wildman–Crippen MR) is 55.4 cm³/mol. The van der Waals surface area contributed by atoms with Crippen molar-refractivity contribution in [2.75, 3.05) is 0 Å². The van der Waals surface area contributed by atoms with E-state index in [0.29, 0.717) is 0 Å². The Bertz CT molecular complexity index is 547. The largest absolute Gasteiger partial charge is 0.419 e. The van der Waals surface area contributed by atoms with E-state index in [2.05, 4.69) is 0 Å². The minimum absolute atomic E-state index is 0.0241. The fourth-order valence-corrected chi connectivity index (χ4v) is 1.31. The van der Waals surface area contributed by atoms with Gasteiger partial charge in [0.05, 0.1) is 5.56 Å². The number of rotatable bonds is 1. The molecule has 1 amide bonds. The lowest BCUT2D eigenvalue weighted by atomic mass is 10.1. The first-order chi connectivity index (χ1) is 8.08. The van der Waals surface area contributed by atoms with Gasteiger partial charge in [-0.3, -0.25) is 4.79 Å². The normalized spacial score (nSPS) is 16.0. The number of amides is 1. The van der Waals surface area contributed by atoms with Gasteiger partial charge in [-0.2, -0.15) is 0 Å². The van der Waals surface area contributed by atoms with Crippen LogP contribution in [0.25, 0.3) is 0 Å². The number of benzene rings is 1. The number of primary amides is 1. The van der Waals surface area contributed by atoms with Crippen molar-refractivity contribution in [3.63, 3.8) is 0 Å². The van der Waals surface area contributed by atoms with Gasteiger partial charge in [0, 0.05) is 12.2 Å². The third kappa shape index (κ3) is 2.15. The Labute approximate surface area is 95.6 Å². The fourth-order valence-electron chi connectivity index (χ4n) is 1.31. The summed E-state index contributed by atoms with van der Waals surface area (Å²) >= 11 is 0. The first-order valence-corrected chi connectivity index (χ1v) is 4.62. The van der Waals surface area contributed by atoms with Crippen LogP contribution in [0, 0.1) is 0 Å². The molecule has 1 aromatic carbocycles. The molecule has 1 aliphatic rings. The average molecular weight is 233 g/mol. The molecule has 1 heterocycles. The first kappa shape index (κ1) is 10.9. The number of nitrogens with two attached hydrogens (primary N) is 1. The average Bonchev–Trinajstić information content (AvgIpc) is 2.26. The van der Waals surface area contributed by atoms with Gasteiger partial charge in [-0.05, 0) is 12.1 Å². The van der Waals surface area contributed by atoms with Crippen molar-refractivity contribution in [3.8, 4) is 11.5 Å². The second-order valence-electron chi connectivity index (χ2n) is 3.17. The lowest BCUT2D eigenvalue weighted by Gasteiger charge is -2.13. The summed E-state index contributed by atoms with van der Waals surface area (Å²) in [6, 6.07) is 4.23. The lowest BCUT2D eigenvalue weighted by Crippen LogP contribution is -2.18. The summed E-state index contributed by atoms with van der Waals surface area (Å²) < 4.78 is 9.74. The third-order valence-corrected chi connectivity index (χ3v) is 2.01. The molecule has 1 aromatic rings. The third-order valence-electron chi connectivity index (χ3n) is 2.01. The number of esters is 2. The van der Waals surface area contributed by atoms with Crippen molar-refractivity contribution in [2.45, 2.75) is 0 Å². The van der Waals surface area contributed by atoms with E-state index in [1.165, 1.54) is 18.2 Å². The Kier molecular flexibility index (Phi) is 2.61. The molecule has 6 nitrogen and oxygen atoms in total. The van der Waals surface area contributed by atoms with Gasteiger partial charge in [0.2, 0.25) is 0 Å². The zero-order valence-corrected chi connectivity index (χ0v) is 8.51. The van der Waals surface area contributed by atoms with Gasteiger partial charge in [-0.1, -0.05) is 6.07 Å². The molecule has 0 fully saturated rings. The molecule has 0 saturated carbocycles. The van der Waals surface area contributed by atoms with E-state index >= 15 is 0 Å². The number of carbonyl (C=O) groups is 3. The molecular weight excluding hydrogens is 226 g/mol. The van der Waals surface area contributed by atoms with Crippen LogP contribution in [0.3, 0.4) is 0 Å². The van der Waals surface area contributed by atoms with Gasteiger partial charge in [0.1, 0.15) is 0 Å². The minimum atomic E-state index is -0.782. The summed E-state index contributed by atoms with van der Waals surface area (Å²) in [6.07, 6.45) is 1.84. The maximum absolute atomic E-state index is 11.3. The van der Waals surface area contributed by atoms with Crippen LogP contribution in [0.2, 0.25) is 0 Å². The van der Waals surface area contributed by atoms with Crippen LogP contribution >= 0.6 is 0 Å². The van der Waals surface area contributed by atoms with Crippen LogP contribution in [-0.4, -0.2) is 17.8 Å². The Balaban J connectivity index is 2.57. The molecule has 0 atom stereocenters. The van der Waals surface area contributed by atoms with Gasteiger partial charge in [-0.15, -0.1) is 0 Å². The number of hydrogen-bond acceptors (Lipinski definition) is 5. The molecule has 2 N–H and O–H groups in total. The van der Waals surface area contributed by atoms with Gasteiger partial charge >= 0.3 is 11.9 Å². The minimum Gasteiger partial charge on any atom is -0.419 e. The Morgan fingerprint density at radius 2 is 1.71 bits per heavy atom. The van der Waals surface area contributed by atoms with Crippen LogP contribution in [0.5, 0.6) is 11.5 Å². The van der Waals surface area contributed by atoms with Gasteiger partial charge in [0.25, 0.3) is 5.91 Å². The number of ether oxygens (including phenoxy) is 2. The molecule has 0 radical (unpaired) electrons. The van der Waals surface area contributed by atoms with Gasteiger partial charge in [-0.25, -0.2) is 9.59 Å². The van der Waals surface area contributed by atoms with Crippen LogP contribution in [-0.2, 0) is 9.59 Å². The standard InChI is InChI=1S/C11H7NO5/c12-11(15)6-2-1-3-7-10(6)17-9(14)5-4-8(13)16-7/h1-5H,(H2,12,15)/b5-4-. The molecule has 86 valence electrons. The monoisotopic (exact) mass is 233 g/mol. The molecule has 0 unspecified atom stereocenters. The van der Waals surface area contributed by atoms with Crippen molar-refractivity contribution < 1.29 is 23.9 Å². The maximum Gasteiger partial charge on any atom is 0.336 e. The Morgan fingerprint density at radius 1 is 1.06 bits per heavy atom. The SMILES string of the molecule is NC(=O)c1cccc2c1OC(=O)/C=C\C(=O)O2. The van der Waals surface area contributed by atoms with E-state index in [9.17, 15) is 14.4 Å². The van der Waals surface area contributed by atoms with Crippen LogP contribution in [0.15, 0.2) is 30.4 Å². The molecule has 17 heavy (non-hydrogen) atoms. The first-order valence-electron chi connectivity index (χ1n) is 4.62. The molecule has 1 aliphatic heterocycles. The summed E-state index contributed by atoms with van der Waals surface area (Å²) in [7, 11) is 0. The summed E-state index contributed by atoms with van der Waals surface area (Å²) in [6.45, 7) is 0. The second-order valence-corrected chi connectivity index (χ2v) is 3.17. The van der Waals surface area contributed by atoms with Crippen molar-refractivity contribution in [1.82, 2.24) is 0 Å². The van der Waals surface area contributed by atoms with Crippen LogP contribution in [0.4, 0.5) is 0 Å². The zero-order chi connectivity index (χ0) is 12.4. The lowest BCUT2D eigenvalue weighted by molar-refractivity contribution is -0.133. The number of fused-ring (bicyclic) bond motifs is 1. The van der Waals surface area contributed by atoms with E-state index in [4.69, 9.17) is 15.2 Å². The summed E-state index contributed by atoms with van der Waals surface area (Å²) in [5.74, 6) is -2.47. The molecule has 0 saturated heterocycles. The van der Waals surface area contributed by atoms with Crippen LogP contribution < -0.4 is 15.2 Å². The molecule has 0 aliphatic carbocycles. The molecule has 0 spiro atoms. The van der Waals surface area contributed by atoms with E-state index in [-0.39, 0.29) is 17.1 Å². The van der Waals surface area contributed by atoms with E-state index in [1.54, 1.807) is 0 Å². The van der Waals surface area contributed by atoms with Crippen molar-refractivity contribution >= 4 is 17.8 Å². The maximum atomic E-state index is 11.3. The summed E-state index contributed by atoms with van der Waals surface area (Å²) in [4.78, 5) is 33.6. The molecule has 2 rings (SSSR count). The summed E-state index contributed by atoms with van der Waals surface area (Å²) in [5.41, 5.74) is 5.09. The Morgan fingerprint density at radius 3 is 2.35 bits per heavy atom. The topological polar surface area (TPSA) is 95.7 Å². The highest BCUT2D eigenvalue weighted by Gasteiger charge is 2.20. The Hall–Kier alpha value is -2.63. The van der Waals surface area contributed by atoms with Crippen molar-refractivity contribution in [3.05, 3.63) is 35.9 Å². The van der Waals surface area contributed by atoms with Crippen LogP contribution in [0.1, 0.15) is 10.4 Å². The highest BCUT2D eigenvalue weighted by molar-refractivity contribution is 6.00. The smallest absolute Gasteiger partial charge is 0.336 e. The van der Waals surface area contributed by atoms with E-state index in [0.717, 1.165) is 12.2 Å². The quantitative estimate of drug-likeness (QED) is 0.550. The summed E-state index contributed by atoms with van der Waals surface area (Å²) in [5, 5.41) is 0. The molecular formula is C11H7NO5. The molecule has 6 heteroatoms. The van der Waals surface area contributed by atoms with Crippen molar-refractivity contribution in [1.29, 1.82) is 0 Å².